The molecule has 0 aromatic heterocycles. The van der Waals surface area contributed by atoms with Gasteiger partial charge in [0.25, 0.3) is 0 Å². The number of aryl methyl sites for hydroxylation is 2. The van der Waals surface area contributed by atoms with Crippen molar-refractivity contribution in [3.8, 4) is 5.75 Å². The molecule has 0 aliphatic carbocycles. The smallest absolute Gasteiger partial charge is 0.319 e. The van der Waals surface area contributed by atoms with Gasteiger partial charge in [-0.25, -0.2) is 0 Å². The molecule has 1 rings (SSSR count). The Morgan fingerprint density at radius 3 is 2.53 bits per heavy atom. The predicted octanol–water partition coefficient (Wildman–Crippen LogP) is 1.57. The monoisotopic (exact) mass is 237 g/mol. The van der Waals surface area contributed by atoms with Gasteiger partial charge in [-0.05, 0) is 36.6 Å². The molecule has 1 aromatic rings. The second-order valence-corrected chi connectivity index (χ2v) is 3.93. The van der Waals surface area contributed by atoms with Crippen LogP contribution in [0.4, 0.5) is 0 Å². The van der Waals surface area contributed by atoms with E-state index in [1.165, 1.54) is 7.11 Å². The highest BCUT2D eigenvalue weighted by Crippen LogP contribution is 2.22. The first kappa shape index (κ1) is 13.5. The number of carbonyl (C=O) groups excluding carboxylic acids is 1. The Hall–Kier alpha value is -1.55. The average Bonchev–Trinajstić information content (AvgIpc) is 2.32. The molecule has 0 aliphatic rings. The molecule has 4 heteroatoms. The maximum absolute atomic E-state index is 10.9. The summed E-state index contributed by atoms with van der Waals surface area (Å²) in [6.45, 7) is 4.89. The molecule has 1 N–H and O–H groups in total. The predicted molar refractivity (Wildman–Crippen MR) is 66.2 cm³/mol. The van der Waals surface area contributed by atoms with E-state index >= 15 is 0 Å². The summed E-state index contributed by atoms with van der Waals surface area (Å²) in [6.07, 6.45) is 0. The molecule has 0 radical (unpaired) electrons. The molecule has 0 spiro atoms. The van der Waals surface area contributed by atoms with E-state index in [0.717, 1.165) is 22.4 Å². The van der Waals surface area contributed by atoms with Gasteiger partial charge in [0.05, 0.1) is 20.8 Å². The van der Waals surface area contributed by atoms with Crippen molar-refractivity contribution >= 4 is 5.97 Å². The average molecular weight is 237 g/mol. The Labute approximate surface area is 102 Å². The fraction of sp³-hybridized carbons (Fsp3) is 0.462. The molecule has 0 atom stereocenters. The third-order valence-electron chi connectivity index (χ3n) is 2.67. The minimum atomic E-state index is -0.257. The Balaban J connectivity index is 2.65. The van der Waals surface area contributed by atoms with E-state index in [4.69, 9.17) is 4.74 Å². The number of methoxy groups -OCH3 is 2. The molecule has 4 nitrogen and oxygen atoms in total. The number of hydrogen-bond donors (Lipinski definition) is 1. The molecule has 0 saturated carbocycles. The lowest BCUT2D eigenvalue weighted by Crippen LogP contribution is -2.23. The Kier molecular flexibility index (Phi) is 4.97. The van der Waals surface area contributed by atoms with E-state index in [9.17, 15) is 4.79 Å². The van der Waals surface area contributed by atoms with E-state index in [-0.39, 0.29) is 12.5 Å². The number of rotatable bonds is 5. The number of benzene rings is 1. The lowest BCUT2D eigenvalue weighted by molar-refractivity contribution is -0.139. The summed E-state index contributed by atoms with van der Waals surface area (Å²) in [6, 6.07) is 4.07. The lowest BCUT2D eigenvalue weighted by atomic mass is 10.0. The maximum Gasteiger partial charge on any atom is 0.319 e. The number of hydrogen-bond acceptors (Lipinski definition) is 4. The molecule has 94 valence electrons. The Morgan fingerprint density at radius 1 is 1.24 bits per heavy atom. The molecule has 0 heterocycles. The minimum absolute atomic E-state index is 0.223. The summed E-state index contributed by atoms with van der Waals surface area (Å²) in [4.78, 5) is 10.9. The normalized spacial score (nSPS) is 10.1. The third kappa shape index (κ3) is 3.75. The SMILES string of the molecule is COC(=O)CNCc1cc(C)c(OC)cc1C. The molecule has 0 bridgehead atoms. The van der Waals surface area contributed by atoms with Crippen molar-refractivity contribution in [2.24, 2.45) is 0 Å². The quantitative estimate of drug-likeness (QED) is 0.790. The zero-order valence-electron chi connectivity index (χ0n) is 10.8. The van der Waals surface area contributed by atoms with Gasteiger partial charge in [0.1, 0.15) is 5.75 Å². The van der Waals surface area contributed by atoms with Gasteiger partial charge < -0.3 is 14.8 Å². The van der Waals surface area contributed by atoms with E-state index in [1.807, 2.05) is 19.9 Å². The van der Waals surface area contributed by atoms with Crippen molar-refractivity contribution in [1.82, 2.24) is 5.32 Å². The zero-order valence-corrected chi connectivity index (χ0v) is 10.8. The van der Waals surface area contributed by atoms with Crippen LogP contribution in [-0.4, -0.2) is 26.7 Å². The van der Waals surface area contributed by atoms with Gasteiger partial charge in [0.15, 0.2) is 0 Å². The van der Waals surface area contributed by atoms with Crippen molar-refractivity contribution in [3.63, 3.8) is 0 Å². The molecule has 0 amide bonds. The van der Waals surface area contributed by atoms with E-state index < -0.39 is 0 Å². The van der Waals surface area contributed by atoms with E-state index in [1.54, 1.807) is 7.11 Å². The van der Waals surface area contributed by atoms with Crippen molar-refractivity contribution in [2.45, 2.75) is 20.4 Å². The first-order chi connectivity index (χ1) is 8.08. The van der Waals surface area contributed by atoms with Crippen LogP contribution in [0, 0.1) is 13.8 Å². The summed E-state index contributed by atoms with van der Waals surface area (Å²) < 4.78 is 9.80. The molecule has 0 aliphatic heterocycles. The van der Waals surface area contributed by atoms with Crippen molar-refractivity contribution in [2.75, 3.05) is 20.8 Å². The van der Waals surface area contributed by atoms with Crippen molar-refractivity contribution < 1.29 is 14.3 Å². The largest absolute Gasteiger partial charge is 0.496 e. The fourth-order valence-corrected chi connectivity index (χ4v) is 1.63. The van der Waals surface area contributed by atoms with Gasteiger partial charge in [-0.1, -0.05) is 6.07 Å². The molecule has 0 saturated heterocycles. The Morgan fingerprint density at radius 2 is 1.94 bits per heavy atom. The van der Waals surface area contributed by atoms with Crippen molar-refractivity contribution in [3.05, 3.63) is 28.8 Å². The summed E-state index contributed by atoms with van der Waals surface area (Å²) in [5, 5.41) is 3.04. The second kappa shape index (κ2) is 6.25. The molecule has 17 heavy (non-hydrogen) atoms. The van der Waals surface area contributed by atoms with Gasteiger partial charge in [-0.2, -0.15) is 0 Å². The van der Waals surface area contributed by atoms with Crippen LogP contribution in [0.2, 0.25) is 0 Å². The number of carbonyl (C=O) groups is 1. The molecular weight excluding hydrogens is 218 g/mol. The highest BCUT2D eigenvalue weighted by molar-refractivity contribution is 5.71. The highest BCUT2D eigenvalue weighted by atomic mass is 16.5. The van der Waals surface area contributed by atoms with Crippen LogP contribution in [-0.2, 0) is 16.1 Å². The van der Waals surface area contributed by atoms with Crippen LogP contribution >= 0.6 is 0 Å². The van der Waals surface area contributed by atoms with Crippen LogP contribution in [0.1, 0.15) is 16.7 Å². The second-order valence-electron chi connectivity index (χ2n) is 3.93. The van der Waals surface area contributed by atoms with Crippen LogP contribution < -0.4 is 10.1 Å². The number of ether oxygens (including phenoxy) is 2. The summed E-state index contributed by atoms with van der Waals surface area (Å²) in [5.41, 5.74) is 3.39. The summed E-state index contributed by atoms with van der Waals surface area (Å²) in [7, 11) is 3.05. The molecule has 1 aromatic carbocycles. The minimum Gasteiger partial charge on any atom is -0.496 e. The molecule has 0 unspecified atom stereocenters. The van der Waals surface area contributed by atoms with Crippen LogP contribution in [0.25, 0.3) is 0 Å². The topological polar surface area (TPSA) is 47.6 Å². The van der Waals surface area contributed by atoms with Gasteiger partial charge >= 0.3 is 5.97 Å². The lowest BCUT2D eigenvalue weighted by Gasteiger charge is -2.11. The third-order valence-corrected chi connectivity index (χ3v) is 2.67. The molecular formula is C13H19NO3. The maximum atomic E-state index is 10.9. The van der Waals surface area contributed by atoms with E-state index in [2.05, 4.69) is 16.1 Å². The van der Waals surface area contributed by atoms with Crippen LogP contribution in [0.15, 0.2) is 12.1 Å². The van der Waals surface area contributed by atoms with Crippen molar-refractivity contribution in [1.29, 1.82) is 0 Å². The molecule has 0 fully saturated rings. The van der Waals surface area contributed by atoms with Gasteiger partial charge in [0.2, 0.25) is 0 Å². The highest BCUT2D eigenvalue weighted by Gasteiger charge is 2.05. The fourth-order valence-electron chi connectivity index (χ4n) is 1.63. The van der Waals surface area contributed by atoms with Crippen LogP contribution in [0.3, 0.4) is 0 Å². The van der Waals surface area contributed by atoms with Gasteiger partial charge in [0, 0.05) is 6.54 Å². The zero-order chi connectivity index (χ0) is 12.8. The summed E-state index contributed by atoms with van der Waals surface area (Å²) >= 11 is 0. The Bertz CT molecular complexity index is 402. The van der Waals surface area contributed by atoms with Gasteiger partial charge in [-0.15, -0.1) is 0 Å². The van der Waals surface area contributed by atoms with Gasteiger partial charge in [-0.3, -0.25) is 4.79 Å². The number of esters is 1. The first-order valence-corrected chi connectivity index (χ1v) is 5.50. The first-order valence-electron chi connectivity index (χ1n) is 5.50. The standard InChI is InChI=1S/C13H19NO3/c1-9-6-12(16-3)10(2)5-11(9)7-14-8-13(15)17-4/h5-6,14H,7-8H2,1-4H3. The number of nitrogens with one attached hydrogen (secondary N) is 1. The van der Waals surface area contributed by atoms with Crippen LogP contribution in [0.5, 0.6) is 5.75 Å². The summed E-state index contributed by atoms with van der Waals surface area (Å²) in [5.74, 6) is 0.632. The van der Waals surface area contributed by atoms with E-state index in [0.29, 0.717) is 6.54 Å².